The Morgan fingerprint density at radius 2 is 2.22 bits per heavy atom. The first-order valence-electron chi connectivity index (χ1n) is 7.15. The largest absolute Gasteiger partial charge is 0.493 e. The normalized spacial score (nSPS) is 29.2. The van der Waals surface area contributed by atoms with Crippen LogP contribution in [0.2, 0.25) is 0 Å². The maximum Gasteiger partial charge on any atom is 0.123 e. The van der Waals surface area contributed by atoms with Crippen LogP contribution >= 0.6 is 0 Å². The second kappa shape index (κ2) is 4.58. The quantitative estimate of drug-likeness (QED) is 0.880. The number of benzene rings is 1. The van der Waals surface area contributed by atoms with Crippen LogP contribution in [0.1, 0.15) is 32.3 Å². The molecule has 2 nitrogen and oxygen atoms in total. The van der Waals surface area contributed by atoms with Crippen LogP contribution in [0.25, 0.3) is 0 Å². The van der Waals surface area contributed by atoms with Crippen molar-refractivity contribution in [3.05, 3.63) is 29.8 Å². The van der Waals surface area contributed by atoms with Crippen molar-refractivity contribution in [2.75, 3.05) is 19.7 Å². The summed E-state index contributed by atoms with van der Waals surface area (Å²) in [6.45, 7) is 7.70. The average molecular weight is 245 g/mol. The molecule has 2 atom stereocenters. The Kier molecular flexibility index (Phi) is 3.06. The number of hydrogen-bond acceptors (Lipinski definition) is 2. The van der Waals surface area contributed by atoms with E-state index in [0.717, 1.165) is 37.3 Å². The summed E-state index contributed by atoms with van der Waals surface area (Å²) in [6.07, 6.45) is 2.52. The Morgan fingerprint density at radius 1 is 1.39 bits per heavy atom. The number of ether oxygens (including phenoxy) is 1. The third kappa shape index (κ3) is 2.03. The standard InChI is InChI=1S/C16H23NO/c1-12(2)10-17-11-13-9-16(13)7-8-18-15-6-4-3-5-14(15)16/h3-6,12-13,17H,7-11H2,1-2H3. The van der Waals surface area contributed by atoms with Gasteiger partial charge in [-0.3, -0.25) is 0 Å². The monoisotopic (exact) mass is 245 g/mol. The summed E-state index contributed by atoms with van der Waals surface area (Å²) in [5, 5.41) is 3.61. The molecule has 98 valence electrons. The zero-order valence-electron chi connectivity index (χ0n) is 11.4. The van der Waals surface area contributed by atoms with Crippen molar-refractivity contribution in [1.29, 1.82) is 0 Å². The molecule has 3 rings (SSSR count). The van der Waals surface area contributed by atoms with Gasteiger partial charge in [0.25, 0.3) is 0 Å². The van der Waals surface area contributed by atoms with Crippen molar-refractivity contribution in [2.24, 2.45) is 11.8 Å². The van der Waals surface area contributed by atoms with Gasteiger partial charge in [0.05, 0.1) is 6.61 Å². The van der Waals surface area contributed by atoms with Gasteiger partial charge in [-0.15, -0.1) is 0 Å². The second-order valence-corrected chi connectivity index (χ2v) is 6.20. The predicted octanol–water partition coefficient (Wildman–Crippen LogP) is 2.97. The van der Waals surface area contributed by atoms with Gasteiger partial charge >= 0.3 is 0 Å². The summed E-state index contributed by atoms with van der Waals surface area (Å²) in [6, 6.07) is 8.60. The molecule has 1 aromatic carbocycles. The Bertz CT molecular complexity index is 429. The zero-order valence-corrected chi connectivity index (χ0v) is 11.4. The smallest absolute Gasteiger partial charge is 0.123 e. The minimum atomic E-state index is 0.429. The van der Waals surface area contributed by atoms with Crippen LogP contribution in [-0.2, 0) is 5.41 Å². The lowest BCUT2D eigenvalue weighted by molar-refractivity contribution is 0.252. The lowest BCUT2D eigenvalue weighted by Gasteiger charge is -2.27. The summed E-state index contributed by atoms with van der Waals surface area (Å²) in [5.74, 6) is 2.66. The van der Waals surface area contributed by atoms with E-state index in [-0.39, 0.29) is 0 Å². The second-order valence-electron chi connectivity index (χ2n) is 6.20. The van der Waals surface area contributed by atoms with Gasteiger partial charge in [0, 0.05) is 11.0 Å². The van der Waals surface area contributed by atoms with E-state index in [1.807, 2.05) is 0 Å². The van der Waals surface area contributed by atoms with Gasteiger partial charge in [-0.1, -0.05) is 32.0 Å². The molecule has 1 heterocycles. The fraction of sp³-hybridized carbons (Fsp3) is 0.625. The first kappa shape index (κ1) is 12.0. The molecular weight excluding hydrogens is 222 g/mol. The van der Waals surface area contributed by atoms with E-state index in [9.17, 15) is 0 Å². The Labute approximate surface area is 110 Å². The number of fused-ring (bicyclic) bond motifs is 2. The molecule has 1 aromatic rings. The molecule has 2 heteroatoms. The third-order valence-electron chi connectivity index (χ3n) is 4.40. The minimum absolute atomic E-state index is 0.429. The lowest BCUT2D eigenvalue weighted by atomic mass is 9.87. The minimum Gasteiger partial charge on any atom is -0.493 e. The van der Waals surface area contributed by atoms with Gasteiger partial charge in [-0.2, -0.15) is 0 Å². The van der Waals surface area contributed by atoms with Crippen molar-refractivity contribution < 1.29 is 4.74 Å². The first-order valence-corrected chi connectivity index (χ1v) is 7.15. The highest BCUT2D eigenvalue weighted by Gasteiger charge is 2.56. The maximum atomic E-state index is 5.77. The van der Waals surface area contributed by atoms with Crippen LogP contribution in [-0.4, -0.2) is 19.7 Å². The fourth-order valence-electron chi connectivity index (χ4n) is 3.31. The van der Waals surface area contributed by atoms with Crippen molar-refractivity contribution in [1.82, 2.24) is 5.32 Å². The summed E-state index contributed by atoms with van der Waals surface area (Å²) >= 11 is 0. The average Bonchev–Trinajstić information content (AvgIpc) is 3.03. The summed E-state index contributed by atoms with van der Waals surface area (Å²) in [4.78, 5) is 0. The van der Waals surface area contributed by atoms with Gasteiger partial charge < -0.3 is 10.1 Å². The van der Waals surface area contributed by atoms with E-state index in [2.05, 4.69) is 43.4 Å². The van der Waals surface area contributed by atoms with Crippen LogP contribution in [0.4, 0.5) is 0 Å². The molecule has 0 bridgehead atoms. The Balaban J connectivity index is 1.68. The van der Waals surface area contributed by atoms with Crippen molar-refractivity contribution in [3.63, 3.8) is 0 Å². The van der Waals surface area contributed by atoms with Crippen LogP contribution in [0.5, 0.6) is 5.75 Å². The molecule has 1 aliphatic heterocycles. The molecule has 2 aliphatic rings. The number of hydrogen-bond donors (Lipinski definition) is 1. The predicted molar refractivity (Wildman–Crippen MR) is 74.0 cm³/mol. The third-order valence-corrected chi connectivity index (χ3v) is 4.40. The molecular formula is C16H23NO. The van der Waals surface area contributed by atoms with Gasteiger partial charge in [0.1, 0.15) is 5.75 Å². The van der Waals surface area contributed by atoms with Crippen LogP contribution in [0, 0.1) is 11.8 Å². The molecule has 2 unspecified atom stereocenters. The van der Waals surface area contributed by atoms with Gasteiger partial charge in [-0.05, 0) is 43.8 Å². The van der Waals surface area contributed by atoms with Crippen molar-refractivity contribution in [3.8, 4) is 5.75 Å². The molecule has 18 heavy (non-hydrogen) atoms. The first-order chi connectivity index (χ1) is 8.72. The number of rotatable bonds is 4. The number of nitrogens with one attached hydrogen (secondary N) is 1. The highest BCUT2D eigenvalue weighted by molar-refractivity contribution is 5.46. The van der Waals surface area contributed by atoms with Gasteiger partial charge in [0.2, 0.25) is 0 Å². The van der Waals surface area contributed by atoms with Crippen LogP contribution in [0.15, 0.2) is 24.3 Å². The van der Waals surface area contributed by atoms with E-state index in [1.54, 1.807) is 0 Å². The molecule has 0 radical (unpaired) electrons. The lowest BCUT2D eigenvalue weighted by Crippen LogP contribution is -2.28. The summed E-state index contributed by atoms with van der Waals surface area (Å²) in [5.41, 5.74) is 1.88. The molecule has 1 saturated carbocycles. The Hall–Kier alpha value is -1.02. The van der Waals surface area contributed by atoms with Gasteiger partial charge in [-0.25, -0.2) is 0 Å². The number of para-hydroxylation sites is 1. The topological polar surface area (TPSA) is 21.3 Å². The molecule has 0 aromatic heterocycles. The van der Waals surface area contributed by atoms with E-state index in [4.69, 9.17) is 4.74 Å². The zero-order chi connectivity index (χ0) is 12.6. The summed E-state index contributed by atoms with van der Waals surface area (Å²) < 4.78 is 5.77. The highest BCUT2D eigenvalue weighted by Crippen LogP contribution is 2.60. The fourth-order valence-corrected chi connectivity index (χ4v) is 3.31. The van der Waals surface area contributed by atoms with Crippen molar-refractivity contribution in [2.45, 2.75) is 32.1 Å². The Morgan fingerprint density at radius 3 is 3.06 bits per heavy atom. The van der Waals surface area contributed by atoms with E-state index < -0.39 is 0 Å². The van der Waals surface area contributed by atoms with E-state index in [0.29, 0.717) is 5.41 Å². The highest BCUT2D eigenvalue weighted by atomic mass is 16.5. The van der Waals surface area contributed by atoms with E-state index >= 15 is 0 Å². The molecule has 1 fully saturated rings. The molecule has 1 N–H and O–H groups in total. The maximum absolute atomic E-state index is 5.77. The van der Waals surface area contributed by atoms with Crippen molar-refractivity contribution >= 4 is 0 Å². The SMILES string of the molecule is CC(C)CNCC1CC12CCOc1ccccc12. The molecule has 0 amide bonds. The molecule has 0 saturated heterocycles. The van der Waals surface area contributed by atoms with E-state index in [1.165, 1.54) is 18.4 Å². The molecule has 1 aliphatic carbocycles. The van der Waals surface area contributed by atoms with Crippen LogP contribution in [0.3, 0.4) is 0 Å². The van der Waals surface area contributed by atoms with Crippen LogP contribution < -0.4 is 10.1 Å². The summed E-state index contributed by atoms with van der Waals surface area (Å²) in [7, 11) is 0. The molecule has 1 spiro atoms. The van der Waals surface area contributed by atoms with Gasteiger partial charge in [0.15, 0.2) is 0 Å².